The number of benzene rings is 3. The lowest BCUT2D eigenvalue weighted by atomic mass is 10.00. The Morgan fingerprint density at radius 3 is 1.48 bits per heavy atom. The maximum absolute atomic E-state index is 9.72. The number of nitrogens with zero attached hydrogens (tertiary/aromatic N) is 3. The first-order chi connectivity index (χ1) is 21.0. The summed E-state index contributed by atoms with van der Waals surface area (Å²) in [5.74, 6) is 3.77. The molecule has 8 nitrogen and oxygen atoms in total. The average Bonchev–Trinajstić information content (AvgIpc) is 2.98. The van der Waals surface area contributed by atoms with Crippen LogP contribution in [0.15, 0.2) is 42.5 Å². The van der Waals surface area contributed by atoms with Gasteiger partial charge in [-0.25, -0.2) is 15.0 Å². The van der Waals surface area contributed by atoms with E-state index in [2.05, 4.69) is 19.1 Å². The fourth-order valence-electron chi connectivity index (χ4n) is 5.02. The maximum atomic E-state index is 9.72. The first-order valence-electron chi connectivity index (χ1n) is 15.4. The normalized spacial score (nSPS) is 12.6. The number of hydrogen-bond acceptors (Lipinski definition) is 8. The van der Waals surface area contributed by atoms with Gasteiger partial charge in [0, 0.05) is 11.1 Å². The van der Waals surface area contributed by atoms with E-state index >= 15 is 0 Å². The molecule has 2 atom stereocenters. The molecule has 0 radical (unpaired) electrons. The number of rotatable bonds is 13. The van der Waals surface area contributed by atoms with Crippen molar-refractivity contribution in [3.63, 3.8) is 0 Å². The van der Waals surface area contributed by atoms with E-state index in [1.807, 2.05) is 65.0 Å². The summed E-state index contributed by atoms with van der Waals surface area (Å²) in [4.78, 5) is 15.0. The second-order valence-electron chi connectivity index (χ2n) is 11.4. The summed E-state index contributed by atoms with van der Waals surface area (Å²) in [7, 11) is 0. The summed E-state index contributed by atoms with van der Waals surface area (Å²) in [6.07, 6.45) is 0.859. The molecule has 0 amide bonds. The first kappa shape index (κ1) is 32.9. The van der Waals surface area contributed by atoms with E-state index < -0.39 is 12.2 Å². The standard InChI is InChI=1S/C36H45N3O5/c1-9-11-27-12-13-30(33(18-27)42-10-2)36-38-34(28-14-16-31(25(7)23(28)5)43-19-21(3)40)37-35(39-36)29-15-17-32(26(8)24(29)6)44-20-22(4)41/h12-18,21-22,40-41H,9-11,19-20H2,1-8H3. The second kappa shape index (κ2) is 14.6. The SMILES string of the molecule is CCCc1ccc(-c2nc(-c3ccc(OCC(C)O)c(C)c3C)nc(-c3ccc(OCC(C)O)c(C)c3C)n2)c(OCC)c1. The summed E-state index contributed by atoms with van der Waals surface area (Å²) >= 11 is 0. The number of aliphatic hydroxyl groups excluding tert-OH is 2. The monoisotopic (exact) mass is 599 g/mol. The van der Waals surface area contributed by atoms with Crippen LogP contribution in [0.5, 0.6) is 17.2 Å². The average molecular weight is 600 g/mol. The van der Waals surface area contributed by atoms with E-state index in [-0.39, 0.29) is 13.2 Å². The van der Waals surface area contributed by atoms with Gasteiger partial charge in [0.15, 0.2) is 17.5 Å². The molecular weight excluding hydrogens is 554 g/mol. The Balaban J connectivity index is 1.91. The van der Waals surface area contributed by atoms with E-state index in [0.29, 0.717) is 35.6 Å². The summed E-state index contributed by atoms with van der Waals surface area (Å²) in [6, 6.07) is 13.9. The van der Waals surface area contributed by atoms with Crippen molar-refractivity contribution < 1.29 is 24.4 Å². The van der Waals surface area contributed by atoms with Crippen LogP contribution in [0, 0.1) is 27.7 Å². The Bertz CT molecular complexity index is 1510. The van der Waals surface area contributed by atoms with Crippen LogP contribution in [0.2, 0.25) is 0 Å². The van der Waals surface area contributed by atoms with Gasteiger partial charge in [-0.05, 0) is 119 Å². The van der Waals surface area contributed by atoms with Crippen molar-refractivity contribution in [2.75, 3.05) is 19.8 Å². The molecule has 2 unspecified atom stereocenters. The molecule has 0 fully saturated rings. The van der Waals surface area contributed by atoms with E-state index in [4.69, 9.17) is 29.2 Å². The fraction of sp³-hybridized carbons (Fsp3) is 0.417. The molecule has 4 rings (SSSR count). The zero-order chi connectivity index (χ0) is 32.0. The molecule has 2 N–H and O–H groups in total. The summed E-state index contributed by atoms with van der Waals surface area (Å²) < 4.78 is 17.8. The molecule has 0 saturated carbocycles. The lowest BCUT2D eigenvalue weighted by Gasteiger charge is -2.18. The third kappa shape index (κ3) is 7.55. The van der Waals surface area contributed by atoms with Gasteiger partial charge in [-0.15, -0.1) is 0 Å². The molecule has 1 aromatic heterocycles. The van der Waals surface area contributed by atoms with E-state index in [0.717, 1.165) is 57.5 Å². The topological polar surface area (TPSA) is 107 Å². The summed E-state index contributed by atoms with van der Waals surface area (Å²) in [6.45, 7) is 16.5. The van der Waals surface area contributed by atoms with Crippen molar-refractivity contribution in [2.24, 2.45) is 0 Å². The van der Waals surface area contributed by atoms with Gasteiger partial charge in [-0.1, -0.05) is 19.4 Å². The molecule has 0 aliphatic carbocycles. The zero-order valence-corrected chi connectivity index (χ0v) is 27.2. The molecule has 8 heteroatoms. The van der Waals surface area contributed by atoms with Crippen molar-refractivity contribution in [2.45, 2.75) is 80.4 Å². The molecular formula is C36H45N3O5. The Kier molecular flexibility index (Phi) is 10.9. The van der Waals surface area contributed by atoms with Crippen LogP contribution in [0.1, 0.15) is 61.9 Å². The lowest BCUT2D eigenvalue weighted by molar-refractivity contribution is 0.122. The molecule has 0 aliphatic rings. The largest absolute Gasteiger partial charge is 0.493 e. The summed E-state index contributed by atoms with van der Waals surface area (Å²) in [5, 5.41) is 19.4. The van der Waals surface area contributed by atoms with Gasteiger partial charge in [-0.3, -0.25) is 0 Å². The summed E-state index contributed by atoms with van der Waals surface area (Å²) in [5.41, 5.74) is 7.60. The lowest BCUT2D eigenvalue weighted by Crippen LogP contribution is -2.13. The third-order valence-electron chi connectivity index (χ3n) is 7.68. The minimum atomic E-state index is -0.568. The van der Waals surface area contributed by atoms with Crippen LogP contribution in [0.4, 0.5) is 0 Å². The van der Waals surface area contributed by atoms with Crippen LogP contribution < -0.4 is 14.2 Å². The molecule has 0 bridgehead atoms. The minimum absolute atomic E-state index is 0.212. The highest BCUT2D eigenvalue weighted by molar-refractivity contribution is 5.74. The van der Waals surface area contributed by atoms with Crippen LogP contribution in [0.3, 0.4) is 0 Å². The number of hydrogen-bond donors (Lipinski definition) is 2. The maximum Gasteiger partial charge on any atom is 0.167 e. The van der Waals surface area contributed by atoms with E-state index in [9.17, 15) is 10.2 Å². The second-order valence-corrected chi connectivity index (χ2v) is 11.4. The van der Waals surface area contributed by atoms with E-state index in [1.165, 1.54) is 5.56 Å². The van der Waals surface area contributed by atoms with Gasteiger partial charge in [0.2, 0.25) is 0 Å². The van der Waals surface area contributed by atoms with Gasteiger partial charge >= 0.3 is 0 Å². The smallest absolute Gasteiger partial charge is 0.167 e. The van der Waals surface area contributed by atoms with Gasteiger partial charge in [-0.2, -0.15) is 0 Å². The van der Waals surface area contributed by atoms with E-state index in [1.54, 1.807) is 13.8 Å². The Morgan fingerprint density at radius 1 is 0.591 bits per heavy atom. The highest BCUT2D eigenvalue weighted by Crippen LogP contribution is 2.36. The van der Waals surface area contributed by atoms with Crippen LogP contribution in [-0.4, -0.2) is 57.2 Å². The van der Waals surface area contributed by atoms with Crippen molar-refractivity contribution >= 4 is 0 Å². The number of aliphatic hydroxyl groups is 2. The molecule has 4 aromatic rings. The third-order valence-corrected chi connectivity index (χ3v) is 7.68. The fourth-order valence-corrected chi connectivity index (χ4v) is 5.02. The van der Waals surface area contributed by atoms with Crippen molar-refractivity contribution in [3.8, 4) is 51.4 Å². The van der Waals surface area contributed by atoms with Gasteiger partial charge in [0.25, 0.3) is 0 Å². The molecule has 44 heavy (non-hydrogen) atoms. The number of aryl methyl sites for hydroxylation is 1. The van der Waals surface area contributed by atoms with Crippen LogP contribution in [0.25, 0.3) is 34.2 Å². The number of ether oxygens (including phenoxy) is 3. The molecule has 0 aliphatic heterocycles. The minimum Gasteiger partial charge on any atom is -0.493 e. The number of aromatic nitrogens is 3. The zero-order valence-electron chi connectivity index (χ0n) is 27.2. The highest BCUT2D eigenvalue weighted by Gasteiger charge is 2.20. The quantitative estimate of drug-likeness (QED) is 0.170. The van der Waals surface area contributed by atoms with Gasteiger partial charge in [0.1, 0.15) is 30.5 Å². The van der Waals surface area contributed by atoms with Crippen molar-refractivity contribution in [1.29, 1.82) is 0 Å². The molecule has 234 valence electrons. The van der Waals surface area contributed by atoms with Crippen LogP contribution in [-0.2, 0) is 6.42 Å². The molecule has 0 spiro atoms. The molecule has 1 heterocycles. The Morgan fingerprint density at radius 2 is 1.05 bits per heavy atom. The van der Waals surface area contributed by atoms with Gasteiger partial charge < -0.3 is 24.4 Å². The van der Waals surface area contributed by atoms with Crippen molar-refractivity contribution in [1.82, 2.24) is 15.0 Å². The first-order valence-corrected chi connectivity index (χ1v) is 15.4. The Labute approximate surface area is 261 Å². The van der Waals surface area contributed by atoms with Gasteiger partial charge in [0.05, 0.1) is 24.4 Å². The Hall–Kier alpha value is -4.01. The van der Waals surface area contributed by atoms with Crippen molar-refractivity contribution in [3.05, 3.63) is 70.3 Å². The molecule has 0 saturated heterocycles. The highest BCUT2D eigenvalue weighted by atomic mass is 16.5. The van der Waals surface area contributed by atoms with Crippen LogP contribution >= 0.6 is 0 Å². The predicted molar refractivity (Wildman–Crippen MR) is 175 cm³/mol. The predicted octanol–water partition coefficient (Wildman–Crippen LogP) is 6.98. The molecule has 3 aromatic carbocycles.